The van der Waals surface area contributed by atoms with E-state index in [0.717, 1.165) is 6.92 Å². The van der Waals surface area contributed by atoms with Crippen LogP contribution in [0.15, 0.2) is 0 Å². The summed E-state index contributed by atoms with van der Waals surface area (Å²) in [6.45, 7) is 1.13. The molecule has 0 unspecified atom stereocenters. The first kappa shape index (κ1) is 21.6. The van der Waals surface area contributed by atoms with Crippen molar-refractivity contribution < 1.29 is 48.6 Å². The lowest BCUT2D eigenvalue weighted by molar-refractivity contribution is -0.156. The molecule has 3 atom stereocenters. The number of aliphatic hydroxyl groups excluding tert-OH is 1. The number of ether oxygens (including phenoxy) is 1. The van der Waals surface area contributed by atoms with Crippen LogP contribution in [0, 0.1) is 0 Å². The van der Waals surface area contributed by atoms with E-state index in [9.17, 15) is 28.5 Å². The molecule has 0 aromatic rings. The van der Waals surface area contributed by atoms with Crippen LogP contribution in [0.1, 0.15) is 26.2 Å². The first-order valence-electron chi connectivity index (χ1n) is 6.58. The average Bonchev–Trinajstić information content (AvgIpc) is 2.49. The first-order chi connectivity index (χ1) is 11.1. The molecule has 0 saturated heterocycles. The molecule has 0 aromatic heterocycles. The van der Waals surface area contributed by atoms with Crippen LogP contribution in [0.4, 0.5) is 0 Å². The van der Waals surface area contributed by atoms with Gasteiger partial charge in [0.25, 0.3) is 5.52 Å². The molecular weight excluding hydrogens is 349 g/mol. The fourth-order valence-corrected chi connectivity index (χ4v) is 1.62. The maximum atomic E-state index is 11.9. The van der Waals surface area contributed by atoms with Crippen LogP contribution in [0.2, 0.25) is 0 Å². The Balaban J connectivity index is 4.89. The summed E-state index contributed by atoms with van der Waals surface area (Å²) in [6.07, 6.45) is -5.16. The van der Waals surface area contributed by atoms with E-state index in [1.165, 1.54) is 0 Å². The highest BCUT2D eigenvalue weighted by Gasteiger charge is 2.28. The minimum absolute atomic E-state index is 0.390. The second kappa shape index (κ2) is 10.4. The second-order valence-corrected chi connectivity index (χ2v) is 5.24. The van der Waals surface area contributed by atoms with Crippen molar-refractivity contribution in [3.05, 3.63) is 0 Å². The number of carbonyl (C=O) groups excluding carboxylic acids is 3. The van der Waals surface area contributed by atoms with Gasteiger partial charge in [-0.1, -0.05) is 0 Å². The van der Waals surface area contributed by atoms with E-state index in [4.69, 9.17) is 15.3 Å². The molecule has 0 saturated carbocycles. The third kappa shape index (κ3) is 8.30. The number of carbonyl (C=O) groups is 5. The molecule has 0 rings (SSSR count). The second-order valence-electron chi connectivity index (χ2n) is 4.62. The van der Waals surface area contributed by atoms with Gasteiger partial charge in [0.2, 0.25) is 14.4 Å². The van der Waals surface area contributed by atoms with Gasteiger partial charge in [-0.25, -0.2) is 9.59 Å². The van der Waals surface area contributed by atoms with E-state index in [1.807, 2.05) is 5.32 Å². The zero-order valence-corrected chi connectivity index (χ0v) is 13.4. The maximum absolute atomic E-state index is 11.9. The summed E-state index contributed by atoms with van der Waals surface area (Å²) in [5.41, 5.74) is -0.937. The molecule has 0 aliphatic heterocycles. The van der Waals surface area contributed by atoms with E-state index in [2.05, 4.69) is 4.74 Å². The van der Waals surface area contributed by atoms with Crippen LogP contribution in [0.25, 0.3) is 0 Å². The Morgan fingerprint density at radius 3 is 2.21 bits per heavy atom. The molecule has 1 amide bonds. The van der Waals surface area contributed by atoms with Crippen molar-refractivity contribution >= 4 is 37.8 Å². The number of esters is 1. The Kier molecular flexibility index (Phi) is 9.36. The van der Waals surface area contributed by atoms with Crippen molar-refractivity contribution in [3.63, 3.8) is 0 Å². The normalized spacial score (nSPS) is 14.2. The third-order valence-electron chi connectivity index (χ3n) is 2.66. The van der Waals surface area contributed by atoms with Crippen LogP contribution in [-0.2, 0) is 33.3 Å². The minimum Gasteiger partial charge on any atom is -0.481 e. The zero-order chi connectivity index (χ0) is 18.9. The number of amides is 1. The van der Waals surface area contributed by atoms with E-state index in [-0.39, 0.29) is 6.42 Å². The fraction of sp³-hybridized carbons (Fsp3) is 0.583. The van der Waals surface area contributed by atoms with Crippen molar-refractivity contribution in [2.45, 2.75) is 44.4 Å². The number of hydrogen-bond donors (Lipinski definition) is 4. The molecule has 0 aliphatic rings. The van der Waals surface area contributed by atoms with Gasteiger partial charge in [-0.3, -0.25) is 18.9 Å². The van der Waals surface area contributed by atoms with E-state index < -0.39 is 68.9 Å². The molecule has 0 heterocycles. The monoisotopic (exact) mass is 365 g/mol. The van der Waals surface area contributed by atoms with Gasteiger partial charge in [-0.05, 0) is 13.3 Å². The summed E-state index contributed by atoms with van der Waals surface area (Å²) in [5, 5.41) is 28.2. The van der Waals surface area contributed by atoms with E-state index in [0.29, 0.717) is 0 Å². The molecule has 12 heteroatoms. The van der Waals surface area contributed by atoms with Crippen molar-refractivity contribution in [2.24, 2.45) is 0 Å². The minimum atomic E-state index is -2.00. The van der Waals surface area contributed by atoms with Crippen LogP contribution >= 0.6 is 8.46 Å². The predicted molar refractivity (Wildman–Crippen MR) is 75.2 cm³/mol. The van der Waals surface area contributed by atoms with Crippen LogP contribution in [0.5, 0.6) is 0 Å². The highest BCUT2D eigenvalue weighted by molar-refractivity contribution is 7.46. The predicted octanol–water partition coefficient (Wildman–Crippen LogP) is -1.08. The number of carboxylic acids is 2. The van der Waals surface area contributed by atoms with Crippen molar-refractivity contribution in [3.8, 4) is 0 Å². The Hall–Kier alpha value is -2.39. The van der Waals surface area contributed by atoms with Crippen molar-refractivity contribution in [2.75, 3.05) is 0 Å². The van der Waals surface area contributed by atoms with Crippen LogP contribution in [0.3, 0.4) is 0 Å². The Labute approximate surface area is 137 Å². The topological polar surface area (TPSA) is 184 Å². The highest BCUT2D eigenvalue weighted by Crippen LogP contribution is 2.08. The number of aliphatic hydroxyl groups is 1. The van der Waals surface area contributed by atoms with Gasteiger partial charge in [-0.2, -0.15) is 0 Å². The average molecular weight is 365 g/mol. The lowest BCUT2D eigenvalue weighted by Gasteiger charge is -2.19. The van der Waals surface area contributed by atoms with Gasteiger partial charge in [0.1, 0.15) is 6.04 Å². The van der Waals surface area contributed by atoms with Gasteiger partial charge in [0.15, 0.2) is 12.2 Å². The van der Waals surface area contributed by atoms with Gasteiger partial charge in [0.05, 0.1) is 6.42 Å². The zero-order valence-electron chi connectivity index (χ0n) is 12.5. The van der Waals surface area contributed by atoms with Crippen LogP contribution in [-0.4, -0.2) is 62.9 Å². The molecule has 0 bridgehead atoms. The summed E-state index contributed by atoms with van der Waals surface area (Å²) in [5.74, 6) is -5.10. The number of aliphatic carboxylic acids is 2. The lowest BCUT2D eigenvalue weighted by Crippen LogP contribution is -2.45. The highest BCUT2D eigenvalue weighted by atomic mass is 31.1. The fourth-order valence-electron chi connectivity index (χ4n) is 1.41. The molecule has 0 aliphatic carbocycles. The van der Waals surface area contributed by atoms with Gasteiger partial charge >= 0.3 is 17.9 Å². The summed E-state index contributed by atoms with van der Waals surface area (Å²) in [6, 6.07) is -1.48. The number of nitrogens with one attached hydrogen (secondary N) is 1. The Morgan fingerprint density at radius 2 is 1.75 bits per heavy atom. The largest absolute Gasteiger partial charge is 0.481 e. The summed E-state index contributed by atoms with van der Waals surface area (Å²) in [4.78, 5) is 55.6. The molecule has 0 fully saturated rings. The maximum Gasteiger partial charge on any atom is 0.333 e. The standard InChI is InChI=1S/C12H16NO10P/c1-5(12(21)24-22)23-11(20)6(2-3-9(16)17)13-8(15)4-7(14)10(18)19/h5-7,14H,2-4H2,1H3,(H,13,15)(H,16,17)(H,18,19)/t5-,6-,7-/m0/s1. The van der Waals surface area contributed by atoms with Gasteiger partial charge < -0.3 is 25.4 Å². The lowest BCUT2D eigenvalue weighted by atomic mass is 10.1. The number of carboxylic acid groups (broad SMARTS) is 2. The van der Waals surface area contributed by atoms with Crippen molar-refractivity contribution in [1.82, 2.24) is 5.32 Å². The van der Waals surface area contributed by atoms with Crippen LogP contribution < -0.4 is 5.32 Å². The molecule has 24 heavy (non-hydrogen) atoms. The molecule has 4 N–H and O–H groups in total. The number of rotatable bonds is 11. The summed E-state index contributed by atoms with van der Waals surface area (Å²) < 4.78 is 15.1. The smallest absolute Gasteiger partial charge is 0.333 e. The van der Waals surface area contributed by atoms with Gasteiger partial charge in [0, 0.05) is 6.42 Å². The SMILES string of the molecule is C[C@H](OC(=O)[C@H](CCC(=O)O)NC(=O)C[C@H](O)C(=O)O)C(=O)P=O. The number of hydrogen-bond acceptors (Lipinski definition) is 8. The molecule has 0 spiro atoms. The summed E-state index contributed by atoms with van der Waals surface area (Å²) in [7, 11) is -0.885. The van der Waals surface area contributed by atoms with E-state index in [1.54, 1.807) is 0 Å². The molecule has 11 nitrogen and oxygen atoms in total. The Morgan fingerprint density at radius 1 is 1.17 bits per heavy atom. The molecule has 134 valence electrons. The van der Waals surface area contributed by atoms with Crippen molar-refractivity contribution in [1.29, 1.82) is 0 Å². The molecule has 0 aromatic carbocycles. The van der Waals surface area contributed by atoms with Gasteiger partial charge in [-0.15, -0.1) is 0 Å². The molecular formula is C12H16NO10P. The molecule has 0 radical (unpaired) electrons. The quantitative estimate of drug-likeness (QED) is 0.259. The third-order valence-corrected chi connectivity index (χ3v) is 3.20. The first-order valence-corrected chi connectivity index (χ1v) is 7.39. The summed E-state index contributed by atoms with van der Waals surface area (Å²) >= 11 is 0. The van der Waals surface area contributed by atoms with E-state index >= 15 is 0 Å². The Bertz CT molecular complexity index is 534.